The Morgan fingerprint density at radius 1 is 1.00 bits per heavy atom. The van der Waals surface area contributed by atoms with Crippen LogP contribution in [0.4, 0.5) is 0 Å². The second-order valence-electron chi connectivity index (χ2n) is 9.44. The van der Waals surface area contributed by atoms with E-state index < -0.39 is 23.3 Å². The molecular formula is C23H25N3O3. The summed E-state index contributed by atoms with van der Waals surface area (Å²) in [5, 5.41) is 0. The molecule has 4 saturated heterocycles. The van der Waals surface area contributed by atoms with Gasteiger partial charge in [-0.05, 0) is 23.8 Å². The Hall–Kier alpha value is -2.47. The number of likely N-dealkylation sites (tertiary alicyclic amines) is 2. The Bertz CT molecular complexity index is 944. The predicted molar refractivity (Wildman–Crippen MR) is 105 cm³/mol. The van der Waals surface area contributed by atoms with Crippen LogP contribution in [0.15, 0.2) is 42.5 Å². The van der Waals surface area contributed by atoms with Crippen LogP contribution in [0.3, 0.4) is 0 Å². The monoisotopic (exact) mass is 391 g/mol. The highest BCUT2D eigenvalue weighted by Gasteiger charge is 2.71. The van der Waals surface area contributed by atoms with Crippen molar-refractivity contribution >= 4 is 17.7 Å². The van der Waals surface area contributed by atoms with Crippen molar-refractivity contribution in [3.63, 3.8) is 0 Å². The molecule has 5 aliphatic heterocycles. The molecule has 0 saturated carbocycles. The van der Waals surface area contributed by atoms with Crippen LogP contribution >= 0.6 is 0 Å². The zero-order valence-electron chi connectivity index (χ0n) is 16.5. The summed E-state index contributed by atoms with van der Waals surface area (Å²) >= 11 is 0. The number of piperidine rings is 3. The minimum Gasteiger partial charge on any atom is -0.332 e. The Morgan fingerprint density at radius 3 is 2.59 bits per heavy atom. The summed E-state index contributed by atoms with van der Waals surface area (Å²) in [6, 6.07) is 10.4. The maximum Gasteiger partial charge on any atom is 0.235 e. The topological polar surface area (TPSA) is 60.9 Å². The number of imide groups is 1. The van der Waals surface area contributed by atoms with Gasteiger partial charge in [0.2, 0.25) is 17.7 Å². The number of benzene rings is 1. The fourth-order valence-electron chi connectivity index (χ4n) is 6.89. The molecule has 29 heavy (non-hydrogen) atoms. The second-order valence-corrected chi connectivity index (χ2v) is 9.44. The van der Waals surface area contributed by atoms with Gasteiger partial charge in [0.25, 0.3) is 0 Å². The van der Waals surface area contributed by atoms with E-state index in [1.807, 2.05) is 17.0 Å². The lowest BCUT2D eigenvalue weighted by molar-refractivity contribution is -0.177. The number of fused-ring (bicyclic) bond motifs is 2. The first-order valence-electron chi connectivity index (χ1n) is 10.6. The van der Waals surface area contributed by atoms with Gasteiger partial charge in [-0.25, -0.2) is 0 Å². The van der Waals surface area contributed by atoms with Gasteiger partial charge in [-0.1, -0.05) is 42.5 Å². The van der Waals surface area contributed by atoms with Crippen LogP contribution in [-0.4, -0.2) is 64.6 Å². The highest BCUT2D eigenvalue weighted by Crippen LogP contribution is 2.58. The van der Waals surface area contributed by atoms with Crippen molar-refractivity contribution in [1.82, 2.24) is 14.7 Å². The molecule has 6 atom stereocenters. The maximum absolute atomic E-state index is 13.3. The predicted octanol–water partition coefficient (Wildman–Crippen LogP) is 1.14. The molecule has 6 heteroatoms. The quantitative estimate of drug-likeness (QED) is 0.560. The fourth-order valence-corrected chi connectivity index (χ4v) is 6.89. The van der Waals surface area contributed by atoms with Crippen LogP contribution in [0.5, 0.6) is 0 Å². The van der Waals surface area contributed by atoms with Crippen molar-refractivity contribution in [3.8, 4) is 0 Å². The third kappa shape index (κ3) is 2.13. The highest BCUT2D eigenvalue weighted by atomic mass is 16.2. The van der Waals surface area contributed by atoms with E-state index in [0.717, 1.165) is 26.1 Å². The van der Waals surface area contributed by atoms with E-state index in [4.69, 9.17) is 0 Å². The summed E-state index contributed by atoms with van der Waals surface area (Å²) in [6.07, 6.45) is 5.07. The molecule has 1 aromatic rings. The van der Waals surface area contributed by atoms with Gasteiger partial charge in [0, 0.05) is 33.2 Å². The van der Waals surface area contributed by atoms with Crippen LogP contribution in [0.1, 0.15) is 12.0 Å². The molecular weight excluding hydrogens is 366 g/mol. The first-order valence-corrected chi connectivity index (χ1v) is 10.6. The summed E-state index contributed by atoms with van der Waals surface area (Å²) in [5.74, 6) is -1.04. The number of nitrogens with zero attached hydrogens (tertiary/aromatic N) is 3. The third-order valence-electron chi connectivity index (χ3n) is 8.00. The first kappa shape index (κ1) is 17.4. The van der Waals surface area contributed by atoms with Crippen molar-refractivity contribution in [2.45, 2.75) is 18.5 Å². The molecule has 0 N–H and O–H groups in total. The van der Waals surface area contributed by atoms with Crippen LogP contribution in [-0.2, 0) is 20.9 Å². The minimum atomic E-state index is -0.639. The fraction of sp³-hybridized carbons (Fsp3) is 0.522. The summed E-state index contributed by atoms with van der Waals surface area (Å²) in [6.45, 7) is 3.39. The molecule has 4 fully saturated rings. The molecule has 6 aliphatic rings. The number of carbonyl (C=O) groups excluding carboxylic acids is 3. The molecule has 1 aromatic carbocycles. The van der Waals surface area contributed by atoms with Gasteiger partial charge < -0.3 is 4.90 Å². The number of amides is 3. The average molecular weight is 391 g/mol. The number of hydrogen-bond acceptors (Lipinski definition) is 4. The average Bonchev–Trinajstić information content (AvgIpc) is 2.96. The molecule has 6 nitrogen and oxygen atoms in total. The molecule has 4 bridgehead atoms. The number of hydrogen-bond donors (Lipinski definition) is 0. The lowest BCUT2D eigenvalue weighted by Gasteiger charge is -2.64. The normalized spacial score (nSPS) is 40.4. The van der Waals surface area contributed by atoms with Gasteiger partial charge in [-0.2, -0.15) is 0 Å². The van der Waals surface area contributed by atoms with Crippen molar-refractivity contribution in [1.29, 1.82) is 0 Å². The first-order chi connectivity index (χ1) is 14.0. The van der Waals surface area contributed by atoms with Crippen LogP contribution in [0.2, 0.25) is 0 Å². The third-order valence-corrected chi connectivity index (χ3v) is 8.00. The van der Waals surface area contributed by atoms with Crippen molar-refractivity contribution < 1.29 is 14.4 Å². The summed E-state index contributed by atoms with van der Waals surface area (Å²) in [4.78, 5) is 45.0. The Kier molecular flexibility index (Phi) is 3.47. The summed E-state index contributed by atoms with van der Waals surface area (Å²) in [5.41, 5.74) is 0.644. The van der Waals surface area contributed by atoms with Gasteiger partial charge in [0.1, 0.15) is 0 Å². The second kappa shape index (κ2) is 5.79. The minimum absolute atomic E-state index is 0.0522. The molecule has 0 unspecified atom stereocenters. The Morgan fingerprint density at radius 2 is 1.79 bits per heavy atom. The highest BCUT2D eigenvalue weighted by molar-refractivity contribution is 6.10. The van der Waals surface area contributed by atoms with Crippen LogP contribution < -0.4 is 0 Å². The Balaban J connectivity index is 1.39. The molecule has 0 radical (unpaired) electrons. The van der Waals surface area contributed by atoms with Gasteiger partial charge in [-0.15, -0.1) is 0 Å². The van der Waals surface area contributed by atoms with E-state index in [1.54, 1.807) is 7.05 Å². The molecule has 5 heterocycles. The number of carbonyl (C=O) groups is 3. The molecule has 3 amide bonds. The van der Waals surface area contributed by atoms with E-state index in [2.05, 4.69) is 35.2 Å². The van der Waals surface area contributed by atoms with Gasteiger partial charge >= 0.3 is 0 Å². The van der Waals surface area contributed by atoms with E-state index in [9.17, 15) is 14.4 Å². The van der Waals surface area contributed by atoms with Crippen molar-refractivity contribution in [2.75, 3.05) is 26.7 Å². The van der Waals surface area contributed by atoms with Gasteiger partial charge in [0.05, 0.1) is 23.3 Å². The van der Waals surface area contributed by atoms with E-state index >= 15 is 0 Å². The summed E-state index contributed by atoms with van der Waals surface area (Å²) in [7, 11) is 1.57. The van der Waals surface area contributed by atoms with Gasteiger partial charge in [0.15, 0.2) is 0 Å². The maximum atomic E-state index is 13.3. The van der Waals surface area contributed by atoms with Gasteiger partial charge in [-0.3, -0.25) is 24.2 Å². The smallest absolute Gasteiger partial charge is 0.235 e. The Labute approximate surface area is 170 Å². The lowest BCUT2D eigenvalue weighted by atomic mass is 9.54. The van der Waals surface area contributed by atoms with E-state index in [0.29, 0.717) is 12.5 Å². The van der Waals surface area contributed by atoms with E-state index in [-0.39, 0.29) is 23.6 Å². The zero-order chi connectivity index (χ0) is 19.9. The van der Waals surface area contributed by atoms with Crippen LogP contribution in [0.25, 0.3) is 0 Å². The molecule has 0 aromatic heterocycles. The largest absolute Gasteiger partial charge is 0.332 e. The summed E-state index contributed by atoms with van der Waals surface area (Å²) < 4.78 is 0. The van der Waals surface area contributed by atoms with Crippen molar-refractivity contribution in [2.24, 2.45) is 29.6 Å². The molecule has 7 rings (SSSR count). The zero-order valence-corrected chi connectivity index (χ0v) is 16.5. The van der Waals surface area contributed by atoms with Crippen molar-refractivity contribution in [3.05, 3.63) is 48.0 Å². The number of rotatable bonds is 2. The van der Waals surface area contributed by atoms with Crippen LogP contribution in [0, 0.1) is 29.6 Å². The molecule has 1 spiro atoms. The van der Waals surface area contributed by atoms with E-state index in [1.165, 1.54) is 10.5 Å². The lowest BCUT2D eigenvalue weighted by Crippen LogP contribution is -2.75. The molecule has 150 valence electrons. The SMILES string of the molecule is CN1C(=O)[C@H]2[C@H]3C=C[C@@]4([C@H]5C[C@@H](CN(Cc6ccccc6)C5)CN4C3=O)[C@H]2C1=O. The molecule has 1 aliphatic carbocycles. The standard InChI is InChI=1S/C23H25N3O3/c1-24-21(28)18-17-7-8-23(19(18)22(24)29)16-9-15(12-26(23)20(17)27)11-25(13-16)10-14-5-3-2-4-6-14/h2-8,15-19H,9-13H2,1H3/t15-,16-,17+,18-,19+,23+/m0/s1.